The zero-order valence-corrected chi connectivity index (χ0v) is 17.3. The normalized spacial score (nSPS) is 19.9. The molecule has 2 aromatic rings. The van der Waals surface area contributed by atoms with Crippen molar-refractivity contribution >= 4 is 17.7 Å². The van der Waals surface area contributed by atoms with Crippen LogP contribution in [0.2, 0.25) is 0 Å². The predicted octanol–water partition coefficient (Wildman–Crippen LogP) is 3.86. The number of piperidine rings is 1. The topological polar surface area (TPSA) is 60.2 Å². The van der Waals surface area contributed by atoms with E-state index in [1.165, 1.54) is 18.2 Å². The number of methoxy groups -OCH3 is 1. The van der Waals surface area contributed by atoms with Gasteiger partial charge in [-0.15, -0.1) is 10.2 Å². The molecule has 1 aromatic heterocycles. The zero-order chi connectivity index (χ0) is 19.4. The second-order valence-corrected chi connectivity index (χ2v) is 7.91. The van der Waals surface area contributed by atoms with Gasteiger partial charge in [0, 0.05) is 18.6 Å². The Kier molecular flexibility index (Phi) is 6.42. The van der Waals surface area contributed by atoms with Gasteiger partial charge in [0.1, 0.15) is 5.75 Å². The van der Waals surface area contributed by atoms with E-state index >= 15 is 0 Å². The van der Waals surface area contributed by atoms with Gasteiger partial charge in [0.25, 0.3) is 0 Å². The smallest absolute Gasteiger partial charge is 0.233 e. The van der Waals surface area contributed by atoms with Gasteiger partial charge in [0.05, 0.1) is 18.4 Å². The molecule has 1 saturated heterocycles. The van der Waals surface area contributed by atoms with Gasteiger partial charge in [-0.2, -0.15) is 0 Å². The van der Waals surface area contributed by atoms with Gasteiger partial charge < -0.3 is 14.2 Å². The van der Waals surface area contributed by atoms with Crippen LogP contribution in [0.4, 0.5) is 0 Å². The van der Waals surface area contributed by atoms with Gasteiger partial charge in [-0.05, 0) is 52.2 Å². The summed E-state index contributed by atoms with van der Waals surface area (Å²) in [6.07, 6.45) is 3.37. The first-order valence-corrected chi connectivity index (χ1v) is 10.6. The van der Waals surface area contributed by atoms with Crippen molar-refractivity contribution in [3.8, 4) is 17.1 Å². The number of para-hydroxylation sites is 1. The summed E-state index contributed by atoms with van der Waals surface area (Å²) in [6.45, 7) is 7.08. The maximum Gasteiger partial charge on any atom is 0.233 e. The number of benzene rings is 1. The summed E-state index contributed by atoms with van der Waals surface area (Å²) in [7, 11) is 1.65. The van der Waals surface area contributed by atoms with Crippen LogP contribution in [-0.4, -0.2) is 50.5 Å². The van der Waals surface area contributed by atoms with Crippen molar-refractivity contribution in [1.82, 2.24) is 19.7 Å². The first-order valence-electron chi connectivity index (χ1n) is 9.57. The lowest BCUT2D eigenvalue weighted by atomic mass is 9.98. The molecule has 3 rings (SSSR count). The summed E-state index contributed by atoms with van der Waals surface area (Å²) in [4.78, 5) is 14.8. The Balaban J connectivity index is 1.76. The number of likely N-dealkylation sites (tertiary alicyclic amines) is 1. The highest BCUT2D eigenvalue weighted by Gasteiger charge is 2.29. The third kappa shape index (κ3) is 4.13. The van der Waals surface area contributed by atoms with Gasteiger partial charge in [0.15, 0.2) is 11.0 Å². The Morgan fingerprint density at radius 2 is 1.93 bits per heavy atom. The second kappa shape index (κ2) is 8.78. The highest BCUT2D eigenvalue weighted by Crippen LogP contribution is 2.31. The Bertz CT molecular complexity index is 782. The van der Waals surface area contributed by atoms with Crippen molar-refractivity contribution in [2.45, 2.75) is 63.8 Å². The van der Waals surface area contributed by atoms with Gasteiger partial charge in [0.2, 0.25) is 5.91 Å². The van der Waals surface area contributed by atoms with Crippen LogP contribution in [0.25, 0.3) is 11.4 Å². The summed E-state index contributed by atoms with van der Waals surface area (Å²) in [5, 5.41) is 9.48. The maximum absolute atomic E-state index is 12.8. The van der Waals surface area contributed by atoms with Crippen molar-refractivity contribution in [2.75, 3.05) is 12.9 Å². The number of nitrogens with zero attached hydrogens (tertiary/aromatic N) is 4. The Labute approximate surface area is 165 Å². The highest BCUT2D eigenvalue weighted by atomic mass is 32.2. The molecular weight excluding hydrogens is 360 g/mol. The molecule has 7 heteroatoms. The average molecular weight is 389 g/mol. The quantitative estimate of drug-likeness (QED) is 0.704. The Morgan fingerprint density at radius 1 is 1.22 bits per heavy atom. The number of hydrogen-bond donors (Lipinski definition) is 0. The number of rotatable bonds is 6. The van der Waals surface area contributed by atoms with Crippen molar-refractivity contribution in [2.24, 2.45) is 0 Å². The lowest BCUT2D eigenvalue weighted by Crippen LogP contribution is -2.48. The molecule has 2 heterocycles. The number of thioether (sulfide) groups is 1. The molecule has 0 N–H and O–H groups in total. The molecule has 0 spiro atoms. The van der Waals surface area contributed by atoms with Crippen LogP contribution in [0.1, 0.15) is 40.0 Å². The van der Waals surface area contributed by atoms with Crippen molar-refractivity contribution < 1.29 is 9.53 Å². The molecule has 6 nitrogen and oxygen atoms in total. The number of carbonyl (C=O) groups excluding carboxylic acids is 1. The van der Waals surface area contributed by atoms with Crippen molar-refractivity contribution in [3.63, 3.8) is 0 Å². The van der Waals surface area contributed by atoms with Gasteiger partial charge in [-0.3, -0.25) is 4.79 Å². The molecule has 146 valence electrons. The van der Waals surface area contributed by atoms with Crippen LogP contribution >= 0.6 is 11.8 Å². The largest absolute Gasteiger partial charge is 0.496 e. The number of aromatic nitrogens is 3. The minimum absolute atomic E-state index is 0.184. The number of carbonyl (C=O) groups is 1. The molecule has 0 saturated carbocycles. The van der Waals surface area contributed by atoms with E-state index in [9.17, 15) is 4.79 Å². The molecule has 0 radical (unpaired) electrons. The highest BCUT2D eigenvalue weighted by molar-refractivity contribution is 7.99. The number of amides is 1. The monoisotopic (exact) mass is 388 g/mol. The van der Waals surface area contributed by atoms with Gasteiger partial charge in [-0.1, -0.05) is 23.9 Å². The lowest BCUT2D eigenvalue weighted by molar-refractivity contribution is -0.134. The third-order valence-electron chi connectivity index (χ3n) is 5.19. The predicted molar refractivity (Wildman–Crippen MR) is 108 cm³/mol. The average Bonchev–Trinajstić information content (AvgIpc) is 3.08. The first kappa shape index (κ1) is 19.7. The Hall–Kier alpha value is -2.02. The fourth-order valence-corrected chi connectivity index (χ4v) is 4.69. The van der Waals surface area contributed by atoms with E-state index in [2.05, 4.69) is 31.0 Å². The van der Waals surface area contributed by atoms with Crippen LogP contribution in [0, 0.1) is 0 Å². The minimum Gasteiger partial charge on any atom is -0.496 e. The summed E-state index contributed by atoms with van der Waals surface area (Å²) in [5.41, 5.74) is 0.908. The molecule has 1 aliphatic rings. The van der Waals surface area contributed by atoms with Crippen LogP contribution < -0.4 is 4.74 Å². The molecule has 0 aliphatic carbocycles. The minimum atomic E-state index is 0.184. The van der Waals surface area contributed by atoms with E-state index in [0.717, 1.165) is 41.7 Å². The van der Waals surface area contributed by atoms with E-state index in [-0.39, 0.29) is 5.91 Å². The summed E-state index contributed by atoms with van der Waals surface area (Å²) in [5.74, 6) is 2.11. The third-order valence-corrected chi connectivity index (χ3v) is 6.14. The number of ether oxygens (including phenoxy) is 1. The van der Waals surface area contributed by atoms with E-state index < -0.39 is 0 Å². The summed E-state index contributed by atoms with van der Waals surface area (Å²) >= 11 is 1.46. The maximum atomic E-state index is 12.8. The lowest BCUT2D eigenvalue weighted by Gasteiger charge is -2.39. The first-order chi connectivity index (χ1) is 13.1. The van der Waals surface area contributed by atoms with Crippen LogP contribution in [0.5, 0.6) is 5.75 Å². The van der Waals surface area contributed by atoms with Gasteiger partial charge >= 0.3 is 0 Å². The van der Waals surface area contributed by atoms with E-state index in [0.29, 0.717) is 17.8 Å². The number of hydrogen-bond acceptors (Lipinski definition) is 5. The molecule has 2 atom stereocenters. The van der Waals surface area contributed by atoms with Crippen molar-refractivity contribution in [3.05, 3.63) is 24.3 Å². The summed E-state index contributed by atoms with van der Waals surface area (Å²) < 4.78 is 7.50. The zero-order valence-electron chi connectivity index (χ0n) is 16.5. The molecule has 27 heavy (non-hydrogen) atoms. The molecular formula is C20H28N4O2S. The standard InChI is InChI=1S/C20H28N4O2S/c1-5-23-19(16-11-6-7-12-17(16)26-4)21-22-20(23)27-13-18(25)24-14(2)9-8-10-15(24)3/h6-7,11-12,14-15H,5,8-10,13H2,1-4H3/t14-,15-/m0/s1. The fourth-order valence-electron chi connectivity index (χ4n) is 3.82. The molecule has 1 aliphatic heterocycles. The molecule has 1 amide bonds. The van der Waals surface area contributed by atoms with E-state index in [4.69, 9.17) is 4.74 Å². The second-order valence-electron chi connectivity index (χ2n) is 6.97. The van der Waals surface area contributed by atoms with Gasteiger partial charge in [-0.25, -0.2) is 0 Å². The molecule has 1 fully saturated rings. The molecule has 1 aromatic carbocycles. The Morgan fingerprint density at radius 3 is 2.59 bits per heavy atom. The van der Waals surface area contributed by atoms with Crippen LogP contribution in [-0.2, 0) is 11.3 Å². The van der Waals surface area contributed by atoms with Crippen molar-refractivity contribution in [1.29, 1.82) is 0 Å². The molecule has 0 unspecified atom stereocenters. The van der Waals surface area contributed by atoms with E-state index in [1.807, 2.05) is 33.7 Å². The van der Waals surface area contributed by atoms with Crippen LogP contribution in [0.3, 0.4) is 0 Å². The molecule has 0 bridgehead atoms. The van der Waals surface area contributed by atoms with E-state index in [1.54, 1.807) is 7.11 Å². The SMILES string of the molecule is CCn1c(SCC(=O)N2[C@@H](C)CCC[C@@H]2C)nnc1-c1ccccc1OC. The summed E-state index contributed by atoms with van der Waals surface area (Å²) in [6, 6.07) is 8.42. The van der Waals surface area contributed by atoms with Crippen LogP contribution in [0.15, 0.2) is 29.4 Å². The fraction of sp³-hybridized carbons (Fsp3) is 0.550.